The molecule has 3 atom stereocenters. The summed E-state index contributed by atoms with van der Waals surface area (Å²) in [6.07, 6.45) is 5.71. The van der Waals surface area contributed by atoms with Crippen molar-refractivity contribution in [1.82, 2.24) is 10.2 Å². The molecule has 2 amide bonds. The summed E-state index contributed by atoms with van der Waals surface area (Å²) in [6.45, 7) is 3.53. The van der Waals surface area contributed by atoms with Crippen LogP contribution in [0.5, 0.6) is 0 Å². The van der Waals surface area contributed by atoms with Crippen LogP contribution in [0.4, 0.5) is 0 Å². The number of hydrogen-bond acceptors (Lipinski definition) is 6. The van der Waals surface area contributed by atoms with E-state index in [0.717, 1.165) is 46.7 Å². The van der Waals surface area contributed by atoms with Crippen molar-refractivity contribution >= 4 is 34.2 Å². The monoisotopic (exact) mass is 626 g/mol. The maximum absolute atomic E-state index is 13.8. The minimum absolute atomic E-state index is 0.0285. The third kappa shape index (κ3) is 9.81. The van der Waals surface area contributed by atoms with Crippen molar-refractivity contribution in [1.29, 1.82) is 0 Å². The summed E-state index contributed by atoms with van der Waals surface area (Å²) in [5, 5.41) is 5.14. The van der Waals surface area contributed by atoms with Gasteiger partial charge in [0.05, 0.1) is 18.5 Å². The molecule has 0 unspecified atom stereocenters. The molecule has 3 aromatic carbocycles. The number of fused-ring (bicyclic) bond motifs is 1. The van der Waals surface area contributed by atoms with Gasteiger partial charge in [-0.1, -0.05) is 78.7 Å². The molecule has 5 N–H and O–H groups in total. The minimum Gasteiger partial charge on any atom is -0.346 e. The lowest BCUT2D eigenvalue weighted by molar-refractivity contribution is -0.138. The van der Waals surface area contributed by atoms with E-state index in [-0.39, 0.29) is 42.6 Å². The Morgan fingerprint density at radius 1 is 0.870 bits per heavy atom. The third-order valence-corrected chi connectivity index (χ3v) is 9.10. The molecular weight excluding hydrogens is 576 g/mol. The normalized spacial score (nSPS) is 15.9. The van der Waals surface area contributed by atoms with Gasteiger partial charge in [0.15, 0.2) is 11.6 Å². The first-order valence-electron chi connectivity index (χ1n) is 16.9. The zero-order valence-corrected chi connectivity index (χ0v) is 27.2. The van der Waals surface area contributed by atoms with Gasteiger partial charge in [0.25, 0.3) is 0 Å². The highest BCUT2D eigenvalue weighted by molar-refractivity contribution is 5.96. The number of Topliss-reactive ketones (excluding diaryl/α,β-unsaturated/α-hetero) is 2. The van der Waals surface area contributed by atoms with Crippen molar-refractivity contribution in [2.45, 2.75) is 89.6 Å². The number of rotatable bonds is 18. The van der Waals surface area contributed by atoms with Crippen LogP contribution < -0.4 is 16.8 Å². The van der Waals surface area contributed by atoms with Gasteiger partial charge in [-0.2, -0.15) is 0 Å². The predicted octanol–water partition coefficient (Wildman–Crippen LogP) is 4.81. The Labute approximate surface area is 273 Å². The van der Waals surface area contributed by atoms with Crippen LogP contribution in [0.15, 0.2) is 66.7 Å². The highest BCUT2D eigenvalue weighted by Crippen LogP contribution is 2.26. The number of nitrogens with one attached hydrogen (secondary N) is 1. The molecule has 1 aliphatic rings. The van der Waals surface area contributed by atoms with Crippen LogP contribution in [-0.4, -0.2) is 60.0 Å². The number of nitrogens with zero attached hydrogens (tertiary/aromatic N) is 1. The molecular formula is C38H50N4O4. The second-order valence-corrected chi connectivity index (χ2v) is 12.7. The molecule has 0 radical (unpaired) electrons. The van der Waals surface area contributed by atoms with E-state index in [0.29, 0.717) is 51.7 Å². The molecule has 46 heavy (non-hydrogen) atoms. The number of benzene rings is 3. The highest BCUT2D eigenvalue weighted by Gasteiger charge is 2.36. The number of amides is 2. The number of ketones is 2. The molecule has 4 rings (SSSR count). The van der Waals surface area contributed by atoms with Crippen LogP contribution in [0.3, 0.4) is 0 Å². The Bertz CT molecular complexity index is 1480. The van der Waals surface area contributed by atoms with Crippen molar-refractivity contribution in [3.05, 3.63) is 83.4 Å². The fourth-order valence-electron chi connectivity index (χ4n) is 6.59. The number of carbonyl (C=O) groups is 4. The Balaban J connectivity index is 1.44. The first kappa shape index (κ1) is 35.0. The minimum atomic E-state index is -0.656. The van der Waals surface area contributed by atoms with Crippen LogP contribution in [0.1, 0.15) is 74.5 Å². The van der Waals surface area contributed by atoms with E-state index in [1.165, 1.54) is 0 Å². The summed E-state index contributed by atoms with van der Waals surface area (Å²) in [6, 6.07) is 20.6. The summed E-state index contributed by atoms with van der Waals surface area (Å²) < 4.78 is 0. The molecule has 0 aliphatic carbocycles. The molecule has 3 aromatic rings. The molecule has 1 aliphatic heterocycles. The van der Waals surface area contributed by atoms with Crippen LogP contribution in [-0.2, 0) is 32.0 Å². The zero-order chi connectivity index (χ0) is 32.9. The standard InChI is InChI=1S/C38H50N4O4/c1-27-11-8-12-28(23-27)24-35(43)33(18-5-7-21-40)41-38(46)31(14-4-6-20-39)25-36(44)34-19-10-22-42(34)37(45)26-30-16-9-15-29-13-2-3-17-32(29)30/h2-3,8-9,11-13,15-17,23,31,33-34H,4-7,10,14,18-22,24-26,39-40H2,1H3,(H,41,46)/t31-,33+,34+/m1/s1. The quantitative estimate of drug-likeness (QED) is 0.174. The summed E-state index contributed by atoms with van der Waals surface area (Å²) in [5.41, 5.74) is 14.4. The second kappa shape index (κ2) is 17.7. The molecule has 0 bridgehead atoms. The maximum atomic E-state index is 13.8. The van der Waals surface area contributed by atoms with Gasteiger partial charge < -0.3 is 21.7 Å². The fraction of sp³-hybridized carbons (Fsp3) is 0.474. The Morgan fingerprint density at radius 2 is 1.59 bits per heavy atom. The van der Waals surface area contributed by atoms with Gasteiger partial charge in [-0.3, -0.25) is 19.2 Å². The topological polar surface area (TPSA) is 136 Å². The summed E-state index contributed by atoms with van der Waals surface area (Å²) in [7, 11) is 0. The van der Waals surface area contributed by atoms with Gasteiger partial charge in [0.1, 0.15) is 0 Å². The lowest BCUT2D eigenvalue weighted by Crippen LogP contribution is -2.46. The molecule has 1 saturated heterocycles. The zero-order valence-electron chi connectivity index (χ0n) is 27.2. The van der Waals surface area contributed by atoms with Crippen molar-refractivity contribution in [2.24, 2.45) is 17.4 Å². The van der Waals surface area contributed by atoms with Crippen molar-refractivity contribution in [2.75, 3.05) is 19.6 Å². The number of hydrogen-bond donors (Lipinski definition) is 3. The van der Waals surface area contributed by atoms with E-state index in [1.54, 1.807) is 4.90 Å². The van der Waals surface area contributed by atoms with E-state index >= 15 is 0 Å². The molecule has 0 aromatic heterocycles. The lowest BCUT2D eigenvalue weighted by Gasteiger charge is -2.27. The van der Waals surface area contributed by atoms with Gasteiger partial charge in [0, 0.05) is 25.3 Å². The summed E-state index contributed by atoms with van der Waals surface area (Å²) in [5.74, 6) is -1.10. The van der Waals surface area contributed by atoms with E-state index in [9.17, 15) is 19.2 Å². The summed E-state index contributed by atoms with van der Waals surface area (Å²) >= 11 is 0. The van der Waals surface area contributed by atoms with E-state index in [2.05, 4.69) is 5.32 Å². The summed E-state index contributed by atoms with van der Waals surface area (Å²) in [4.78, 5) is 56.3. The fourth-order valence-corrected chi connectivity index (χ4v) is 6.59. The molecule has 1 fully saturated rings. The first-order valence-corrected chi connectivity index (χ1v) is 16.9. The molecule has 246 valence electrons. The van der Waals surface area contributed by atoms with E-state index in [4.69, 9.17) is 11.5 Å². The SMILES string of the molecule is Cc1cccc(CC(=O)[C@H](CCCCN)NC(=O)[C@H](CCCCN)CC(=O)[C@@H]2CCCN2C(=O)Cc2cccc3ccccc23)c1. The lowest BCUT2D eigenvalue weighted by atomic mass is 9.90. The maximum Gasteiger partial charge on any atom is 0.227 e. The number of nitrogens with two attached hydrogens (primary N) is 2. The Hall–Kier alpha value is -3.88. The molecule has 0 spiro atoms. The van der Waals surface area contributed by atoms with Crippen molar-refractivity contribution in [3.63, 3.8) is 0 Å². The number of likely N-dealkylation sites (tertiary alicyclic amines) is 1. The molecule has 1 heterocycles. The van der Waals surface area contributed by atoms with E-state index < -0.39 is 18.0 Å². The number of unbranched alkanes of at least 4 members (excludes halogenated alkanes) is 2. The number of aryl methyl sites for hydroxylation is 1. The average molecular weight is 627 g/mol. The van der Waals surface area contributed by atoms with Crippen LogP contribution in [0.25, 0.3) is 10.8 Å². The van der Waals surface area contributed by atoms with Crippen molar-refractivity contribution < 1.29 is 19.2 Å². The molecule has 8 heteroatoms. The van der Waals surface area contributed by atoms with Gasteiger partial charge in [-0.05, 0) is 86.9 Å². The molecule has 8 nitrogen and oxygen atoms in total. The van der Waals surface area contributed by atoms with E-state index in [1.807, 2.05) is 73.7 Å². The van der Waals surface area contributed by atoms with Crippen LogP contribution in [0, 0.1) is 12.8 Å². The highest BCUT2D eigenvalue weighted by atomic mass is 16.2. The predicted molar refractivity (Wildman–Crippen MR) is 183 cm³/mol. The number of carbonyl (C=O) groups excluding carboxylic acids is 4. The van der Waals surface area contributed by atoms with Crippen LogP contribution in [0.2, 0.25) is 0 Å². The van der Waals surface area contributed by atoms with Gasteiger partial charge in [0.2, 0.25) is 11.8 Å². The Morgan fingerprint density at radius 3 is 2.35 bits per heavy atom. The molecule has 0 saturated carbocycles. The first-order chi connectivity index (χ1) is 22.3. The van der Waals surface area contributed by atoms with Gasteiger partial charge in [-0.25, -0.2) is 0 Å². The third-order valence-electron chi connectivity index (χ3n) is 9.10. The van der Waals surface area contributed by atoms with Gasteiger partial charge in [-0.15, -0.1) is 0 Å². The second-order valence-electron chi connectivity index (χ2n) is 12.7. The average Bonchev–Trinajstić information content (AvgIpc) is 3.55. The van der Waals surface area contributed by atoms with Gasteiger partial charge >= 0.3 is 0 Å². The van der Waals surface area contributed by atoms with Crippen molar-refractivity contribution in [3.8, 4) is 0 Å². The Kier molecular flexibility index (Phi) is 13.5. The van der Waals surface area contributed by atoms with Crippen LogP contribution >= 0.6 is 0 Å². The largest absolute Gasteiger partial charge is 0.346 e. The smallest absolute Gasteiger partial charge is 0.227 e.